The second-order valence-corrected chi connectivity index (χ2v) is 8.01. The SMILES string of the molecule is O=S(=O)(c1ccc(F)cc1)N1CCC(Oc2ccc(Br)cn2)C1. The first-order valence-electron chi connectivity index (χ1n) is 6.99. The van der Waals surface area contributed by atoms with Crippen molar-refractivity contribution in [3.8, 4) is 5.88 Å². The molecule has 0 saturated carbocycles. The molecule has 1 atom stereocenters. The van der Waals surface area contributed by atoms with E-state index in [0.29, 0.717) is 18.8 Å². The fraction of sp³-hybridized carbons (Fsp3) is 0.267. The zero-order valence-corrected chi connectivity index (χ0v) is 14.4. The molecule has 8 heteroatoms. The van der Waals surface area contributed by atoms with E-state index < -0.39 is 15.8 Å². The van der Waals surface area contributed by atoms with E-state index in [4.69, 9.17) is 4.74 Å². The summed E-state index contributed by atoms with van der Waals surface area (Å²) in [5, 5.41) is 0. The predicted octanol–water partition coefficient (Wildman–Crippen LogP) is 2.83. The monoisotopic (exact) mass is 400 g/mol. The van der Waals surface area contributed by atoms with E-state index in [1.54, 1.807) is 12.3 Å². The van der Waals surface area contributed by atoms with Gasteiger partial charge in [0.1, 0.15) is 11.9 Å². The average molecular weight is 401 g/mol. The number of hydrogen-bond acceptors (Lipinski definition) is 4. The molecule has 1 aromatic carbocycles. The number of nitrogens with zero attached hydrogens (tertiary/aromatic N) is 2. The minimum absolute atomic E-state index is 0.0846. The van der Waals surface area contributed by atoms with Gasteiger partial charge >= 0.3 is 0 Å². The van der Waals surface area contributed by atoms with E-state index in [0.717, 1.165) is 16.6 Å². The van der Waals surface area contributed by atoms with Crippen LogP contribution in [0, 0.1) is 5.82 Å². The van der Waals surface area contributed by atoms with E-state index in [-0.39, 0.29) is 17.5 Å². The van der Waals surface area contributed by atoms with Crippen LogP contribution in [0.1, 0.15) is 6.42 Å². The second kappa shape index (κ2) is 6.54. The van der Waals surface area contributed by atoms with E-state index in [2.05, 4.69) is 20.9 Å². The van der Waals surface area contributed by atoms with Crippen LogP contribution >= 0.6 is 15.9 Å². The standard InChI is InChI=1S/C15H14BrFN2O3S/c16-11-1-6-15(18-9-11)22-13-7-8-19(10-13)23(20,21)14-4-2-12(17)3-5-14/h1-6,9,13H,7-8,10H2. The molecule has 1 aliphatic rings. The second-order valence-electron chi connectivity index (χ2n) is 5.16. The molecule has 1 aliphatic heterocycles. The predicted molar refractivity (Wildman–Crippen MR) is 86.1 cm³/mol. The van der Waals surface area contributed by atoms with Crippen molar-refractivity contribution in [2.75, 3.05) is 13.1 Å². The molecule has 0 spiro atoms. The van der Waals surface area contributed by atoms with Crippen LogP contribution in [-0.2, 0) is 10.0 Å². The summed E-state index contributed by atoms with van der Waals surface area (Å²) in [6.45, 7) is 0.609. The Hall–Kier alpha value is -1.51. The maximum atomic E-state index is 12.9. The molecule has 122 valence electrons. The molecule has 0 bridgehead atoms. The topological polar surface area (TPSA) is 59.5 Å². The van der Waals surface area contributed by atoms with Gasteiger partial charge < -0.3 is 4.74 Å². The molecule has 0 N–H and O–H groups in total. The van der Waals surface area contributed by atoms with E-state index in [9.17, 15) is 12.8 Å². The van der Waals surface area contributed by atoms with E-state index >= 15 is 0 Å². The highest BCUT2D eigenvalue weighted by Gasteiger charge is 2.33. The van der Waals surface area contributed by atoms with Crippen molar-refractivity contribution in [3.63, 3.8) is 0 Å². The third kappa shape index (κ3) is 3.70. The number of aromatic nitrogens is 1. The lowest BCUT2D eigenvalue weighted by Crippen LogP contribution is -2.31. The Bertz CT molecular complexity index is 781. The first-order valence-corrected chi connectivity index (χ1v) is 9.22. The first-order chi connectivity index (χ1) is 10.9. The van der Waals surface area contributed by atoms with Gasteiger partial charge in [0.2, 0.25) is 15.9 Å². The Morgan fingerprint density at radius 2 is 1.96 bits per heavy atom. The van der Waals surface area contributed by atoms with Gasteiger partial charge in [-0.15, -0.1) is 0 Å². The summed E-state index contributed by atoms with van der Waals surface area (Å²) in [6.07, 6.45) is 1.95. The van der Waals surface area contributed by atoms with Gasteiger partial charge in [-0.2, -0.15) is 4.31 Å². The molecule has 3 rings (SSSR count). The van der Waals surface area contributed by atoms with Crippen LogP contribution in [-0.4, -0.2) is 36.9 Å². The molecular formula is C15H14BrFN2O3S. The molecule has 1 aromatic heterocycles. The van der Waals surface area contributed by atoms with Gasteiger partial charge in [0, 0.05) is 23.3 Å². The lowest BCUT2D eigenvalue weighted by atomic mass is 10.3. The van der Waals surface area contributed by atoms with Gasteiger partial charge in [0.15, 0.2) is 0 Å². The molecule has 0 radical (unpaired) electrons. The summed E-state index contributed by atoms with van der Waals surface area (Å²) in [6, 6.07) is 8.36. The van der Waals surface area contributed by atoms with Crippen LogP contribution in [0.3, 0.4) is 0 Å². The fourth-order valence-electron chi connectivity index (χ4n) is 2.37. The summed E-state index contributed by atoms with van der Waals surface area (Å²) in [4.78, 5) is 4.20. The zero-order chi connectivity index (χ0) is 16.4. The molecule has 5 nitrogen and oxygen atoms in total. The Morgan fingerprint density at radius 1 is 1.22 bits per heavy atom. The number of benzene rings is 1. The average Bonchev–Trinajstić information content (AvgIpc) is 2.99. The van der Waals surface area contributed by atoms with Crippen molar-refractivity contribution in [3.05, 3.63) is 52.9 Å². The normalized spacial score (nSPS) is 19.0. The molecule has 0 amide bonds. The Kier molecular flexibility index (Phi) is 4.65. The van der Waals surface area contributed by atoms with Gasteiger partial charge in [0.05, 0.1) is 11.4 Å². The minimum Gasteiger partial charge on any atom is -0.473 e. The van der Waals surface area contributed by atoms with Crippen molar-refractivity contribution < 1.29 is 17.5 Å². The summed E-state index contributed by atoms with van der Waals surface area (Å²) >= 11 is 3.29. The number of ether oxygens (including phenoxy) is 1. The summed E-state index contributed by atoms with van der Waals surface area (Å²) in [7, 11) is -3.63. The Balaban J connectivity index is 1.69. The maximum absolute atomic E-state index is 12.9. The molecule has 23 heavy (non-hydrogen) atoms. The minimum atomic E-state index is -3.63. The van der Waals surface area contributed by atoms with Crippen molar-refractivity contribution >= 4 is 26.0 Å². The third-order valence-electron chi connectivity index (χ3n) is 3.55. The third-order valence-corrected chi connectivity index (χ3v) is 5.90. The largest absolute Gasteiger partial charge is 0.473 e. The molecule has 0 aliphatic carbocycles. The Labute approximate surface area is 142 Å². The number of rotatable bonds is 4. The number of pyridine rings is 1. The smallest absolute Gasteiger partial charge is 0.243 e. The van der Waals surface area contributed by atoms with Crippen LogP contribution in [0.5, 0.6) is 5.88 Å². The molecule has 1 fully saturated rings. The summed E-state index contributed by atoms with van der Waals surface area (Å²) in [5.74, 6) is -0.00729. The van der Waals surface area contributed by atoms with E-state index in [1.807, 2.05) is 6.07 Å². The number of sulfonamides is 1. The van der Waals surface area contributed by atoms with Crippen LogP contribution in [0.15, 0.2) is 52.0 Å². The maximum Gasteiger partial charge on any atom is 0.243 e. The van der Waals surface area contributed by atoms with Gasteiger partial charge in [-0.1, -0.05) is 0 Å². The zero-order valence-electron chi connectivity index (χ0n) is 12.0. The lowest BCUT2D eigenvalue weighted by Gasteiger charge is -2.17. The highest BCUT2D eigenvalue weighted by Crippen LogP contribution is 2.24. The van der Waals surface area contributed by atoms with Gasteiger partial charge in [0.25, 0.3) is 0 Å². The van der Waals surface area contributed by atoms with Crippen LogP contribution in [0.2, 0.25) is 0 Å². The molecule has 2 aromatic rings. The van der Waals surface area contributed by atoms with Crippen molar-refractivity contribution in [1.82, 2.24) is 9.29 Å². The van der Waals surface area contributed by atoms with Crippen LogP contribution in [0.25, 0.3) is 0 Å². The fourth-order valence-corrected chi connectivity index (χ4v) is 4.09. The number of halogens is 2. The van der Waals surface area contributed by atoms with E-state index in [1.165, 1.54) is 16.4 Å². The Morgan fingerprint density at radius 3 is 2.61 bits per heavy atom. The molecule has 2 heterocycles. The van der Waals surface area contributed by atoms with Crippen LogP contribution in [0.4, 0.5) is 4.39 Å². The van der Waals surface area contributed by atoms with Gasteiger partial charge in [-0.05, 0) is 52.7 Å². The van der Waals surface area contributed by atoms with Crippen LogP contribution < -0.4 is 4.74 Å². The number of hydrogen-bond donors (Lipinski definition) is 0. The highest BCUT2D eigenvalue weighted by atomic mass is 79.9. The lowest BCUT2D eigenvalue weighted by molar-refractivity contribution is 0.207. The quantitative estimate of drug-likeness (QED) is 0.791. The molecule has 1 unspecified atom stereocenters. The molecule has 1 saturated heterocycles. The van der Waals surface area contributed by atoms with Gasteiger partial charge in [-0.3, -0.25) is 0 Å². The highest BCUT2D eigenvalue weighted by molar-refractivity contribution is 9.10. The van der Waals surface area contributed by atoms with Crippen molar-refractivity contribution in [2.45, 2.75) is 17.4 Å². The first kappa shape index (κ1) is 16.4. The van der Waals surface area contributed by atoms with Gasteiger partial charge in [-0.25, -0.2) is 17.8 Å². The molecular weight excluding hydrogens is 387 g/mol. The van der Waals surface area contributed by atoms with Crippen molar-refractivity contribution in [2.24, 2.45) is 0 Å². The van der Waals surface area contributed by atoms with Crippen molar-refractivity contribution in [1.29, 1.82) is 0 Å². The summed E-state index contributed by atoms with van der Waals surface area (Å²) < 4.78 is 45.9. The summed E-state index contributed by atoms with van der Waals surface area (Å²) in [5.41, 5.74) is 0.